The van der Waals surface area contributed by atoms with Crippen LogP contribution in [-0.4, -0.2) is 63.0 Å². The molecule has 1 saturated heterocycles. The summed E-state index contributed by atoms with van der Waals surface area (Å²) < 4.78 is 13.0. The van der Waals surface area contributed by atoms with Gasteiger partial charge >= 0.3 is 0 Å². The highest BCUT2D eigenvalue weighted by molar-refractivity contribution is 5.44. The summed E-state index contributed by atoms with van der Waals surface area (Å²) in [7, 11) is 0. The van der Waals surface area contributed by atoms with E-state index in [9.17, 15) is 0 Å². The van der Waals surface area contributed by atoms with Gasteiger partial charge in [-0.05, 0) is 46.0 Å². The summed E-state index contributed by atoms with van der Waals surface area (Å²) in [5, 5.41) is 12.8. The van der Waals surface area contributed by atoms with Gasteiger partial charge < -0.3 is 9.47 Å². The van der Waals surface area contributed by atoms with Gasteiger partial charge in [0.2, 0.25) is 6.79 Å². The van der Waals surface area contributed by atoms with Crippen LogP contribution in [0.3, 0.4) is 0 Å². The second-order valence-electron chi connectivity index (χ2n) is 9.18. The normalized spacial score (nSPS) is 17.5. The number of tetrazole rings is 1. The molecule has 3 heterocycles. The number of aryl methyl sites for hydroxylation is 2. The molecule has 0 unspecified atom stereocenters. The lowest BCUT2D eigenvalue weighted by molar-refractivity contribution is 0.0661. The predicted octanol–water partition coefficient (Wildman–Crippen LogP) is 3.16. The number of ether oxygens (including phenoxy) is 2. The van der Waals surface area contributed by atoms with E-state index in [0.717, 1.165) is 63.0 Å². The molecular formula is C25H32N6O2. The summed E-state index contributed by atoms with van der Waals surface area (Å²) in [5.41, 5.74) is 2.56. The highest BCUT2D eigenvalue weighted by atomic mass is 16.7. The second-order valence-corrected chi connectivity index (χ2v) is 9.18. The Hall–Kier alpha value is -2.97. The quantitative estimate of drug-likeness (QED) is 0.524. The van der Waals surface area contributed by atoms with Crippen LogP contribution in [-0.2, 0) is 19.5 Å². The minimum Gasteiger partial charge on any atom is -0.454 e. The van der Waals surface area contributed by atoms with E-state index in [2.05, 4.69) is 75.6 Å². The van der Waals surface area contributed by atoms with Gasteiger partial charge in [0.25, 0.3) is 0 Å². The molecule has 0 N–H and O–H groups in total. The van der Waals surface area contributed by atoms with Gasteiger partial charge in [-0.1, -0.05) is 50.2 Å². The third-order valence-corrected chi connectivity index (χ3v) is 6.55. The minimum atomic E-state index is 0.212. The van der Waals surface area contributed by atoms with Crippen molar-refractivity contribution in [1.29, 1.82) is 0 Å². The van der Waals surface area contributed by atoms with Crippen LogP contribution in [0.15, 0.2) is 48.5 Å². The number of rotatable bonds is 8. The van der Waals surface area contributed by atoms with Crippen LogP contribution in [0, 0.1) is 5.92 Å². The fourth-order valence-corrected chi connectivity index (χ4v) is 4.84. The number of hydrogen-bond acceptors (Lipinski definition) is 7. The Morgan fingerprint density at radius 2 is 1.70 bits per heavy atom. The third kappa shape index (κ3) is 5.02. The molecule has 33 heavy (non-hydrogen) atoms. The lowest BCUT2D eigenvalue weighted by atomic mass is 10.0. The highest BCUT2D eigenvalue weighted by Gasteiger charge is 2.31. The van der Waals surface area contributed by atoms with Crippen molar-refractivity contribution in [2.24, 2.45) is 5.92 Å². The number of fused-ring (bicyclic) bond motifs is 1. The molecule has 1 fully saturated rings. The smallest absolute Gasteiger partial charge is 0.231 e. The average Bonchev–Trinajstić information content (AvgIpc) is 3.49. The zero-order valence-electron chi connectivity index (χ0n) is 19.4. The van der Waals surface area contributed by atoms with Crippen LogP contribution in [0.1, 0.15) is 36.8 Å². The van der Waals surface area contributed by atoms with Crippen molar-refractivity contribution in [3.8, 4) is 11.5 Å². The van der Waals surface area contributed by atoms with Crippen molar-refractivity contribution in [2.45, 2.75) is 39.4 Å². The lowest BCUT2D eigenvalue weighted by Gasteiger charge is -2.40. The Kier molecular flexibility index (Phi) is 6.55. The molecule has 3 aromatic rings. The summed E-state index contributed by atoms with van der Waals surface area (Å²) in [6.45, 7) is 10.6. The summed E-state index contributed by atoms with van der Waals surface area (Å²) in [5.74, 6) is 3.10. The van der Waals surface area contributed by atoms with Crippen LogP contribution >= 0.6 is 0 Å². The van der Waals surface area contributed by atoms with E-state index in [-0.39, 0.29) is 6.04 Å². The van der Waals surface area contributed by atoms with Crippen molar-refractivity contribution in [1.82, 2.24) is 30.0 Å². The summed E-state index contributed by atoms with van der Waals surface area (Å²) in [4.78, 5) is 5.05. The molecular weight excluding hydrogens is 416 g/mol. The van der Waals surface area contributed by atoms with E-state index in [1.54, 1.807) is 0 Å². The molecule has 174 valence electrons. The molecule has 1 atom stereocenters. The maximum atomic E-state index is 5.53. The topological polar surface area (TPSA) is 68.5 Å². The third-order valence-electron chi connectivity index (χ3n) is 6.55. The predicted molar refractivity (Wildman–Crippen MR) is 125 cm³/mol. The molecule has 8 heteroatoms. The molecule has 2 aliphatic rings. The molecule has 1 aromatic heterocycles. The summed E-state index contributed by atoms with van der Waals surface area (Å²) >= 11 is 0. The van der Waals surface area contributed by atoms with Crippen molar-refractivity contribution in [3.05, 3.63) is 65.5 Å². The Labute approximate surface area is 195 Å². The van der Waals surface area contributed by atoms with Gasteiger partial charge in [0.15, 0.2) is 17.3 Å². The summed E-state index contributed by atoms with van der Waals surface area (Å²) in [6, 6.07) is 17.0. The number of nitrogens with zero attached hydrogens (tertiary/aromatic N) is 6. The molecule has 0 bridgehead atoms. The number of benzene rings is 2. The van der Waals surface area contributed by atoms with Gasteiger partial charge in [0.05, 0.1) is 6.04 Å². The largest absolute Gasteiger partial charge is 0.454 e. The number of hydrogen-bond donors (Lipinski definition) is 0. The van der Waals surface area contributed by atoms with Gasteiger partial charge in [-0.3, -0.25) is 9.80 Å². The fourth-order valence-electron chi connectivity index (χ4n) is 4.84. The maximum absolute atomic E-state index is 5.53. The standard InChI is InChI=1S/C25H32N6O2/c1-19(2)24(25-26-27-28-31(25)11-10-20-6-4-3-5-7-20)30-14-12-29(13-15-30)17-21-8-9-22-23(16-21)33-18-32-22/h3-9,16,19,24H,10-15,17-18H2,1-2H3/t24-/m0/s1. The van der Waals surface area contributed by atoms with Gasteiger partial charge in [-0.15, -0.1) is 5.10 Å². The van der Waals surface area contributed by atoms with Crippen LogP contribution < -0.4 is 9.47 Å². The number of piperazine rings is 1. The second kappa shape index (κ2) is 9.89. The van der Waals surface area contributed by atoms with Crippen molar-refractivity contribution in [3.63, 3.8) is 0 Å². The average molecular weight is 449 g/mol. The first-order valence-electron chi connectivity index (χ1n) is 11.8. The Morgan fingerprint density at radius 3 is 2.48 bits per heavy atom. The van der Waals surface area contributed by atoms with Gasteiger partial charge in [-0.2, -0.15) is 0 Å². The SMILES string of the molecule is CC(C)[C@@H](c1nnnn1CCc1ccccc1)N1CCN(Cc2ccc3c(c2)OCO3)CC1. The molecule has 0 radical (unpaired) electrons. The molecule has 0 spiro atoms. The molecule has 8 nitrogen and oxygen atoms in total. The molecule has 5 rings (SSSR count). The van der Waals surface area contributed by atoms with Crippen LogP contribution in [0.25, 0.3) is 0 Å². The Morgan fingerprint density at radius 1 is 0.909 bits per heavy atom. The first-order chi connectivity index (χ1) is 16.2. The van der Waals surface area contributed by atoms with Crippen molar-refractivity contribution < 1.29 is 9.47 Å². The molecule has 0 saturated carbocycles. The van der Waals surface area contributed by atoms with Crippen molar-refractivity contribution in [2.75, 3.05) is 33.0 Å². The van der Waals surface area contributed by atoms with Gasteiger partial charge in [0, 0.05) is 39.3 Å². The van der Waals surface area contributed by atoms with E-state index in [1.165, 1.54) is 11.1 Å². The lowest BCUT2D eigenvalue weighted by Crippen LogP contribution is -2.48. The van der Waals surface area contributed by atoms with E-state index >= 15 is 0 Å². The monoisotopic (exact) mass is 448 g/mol. The zero-order valence-corrected chi connectivity index (χ0v) is 19.4. The van der Waals surface area contributed by atoms with E-state index in [0.29, 0.717) is 12.7 Å². The minimum absolute atomic E-state index is 0.212. The van der Waals surface area contributed by atoms with Crippen molar-refractivity contribution >= 4 is 0 Å². The van der Waals surface area contributed by atoms with E-state index in [4.69, 9.17) is 9.47 Å². The first kappa shape index (κ1) is 21.9. The molecule has 0 aliphatic carbocycles. The van der Waals surface area contributed by atoms with E-state index < -0.39 is 0 Å². The van der Waals surface area contributed by atoms with Crippen LogP contribution in [0.2, 0.25) is 0 Å². The highest BCUT2D eigenvalue weighted by Crippen LogP contribution is 2.33. The van der Waals surface area contributed by atoms with Gasteiger partial charge in [0.1, 0.15) is 0 Å². The fraction of sp³-hybridized carbons (Fsp3) is 0.480. The maximum Gasteiger partial charge on any atom is 0.231 e. The number of aromatic nitrogens is 4. The molecule has 0 amide bonds. The first-order valence-corrected chi connectivity index (χ1v) is 11.8. The van der Waals surface area contributed by atoms with Crippen LogP contribution in [0.5, 0.6) is 11.5 Å². The zero-order chi connectivity index (χ0) is 22.6. The summed E-state index contributed by atoms with van der Waals surface area (Å²) in [6.07, 6.45) is 0.924. The van der Waals surface area contributed by atoms with Crippen LogP contribution in [0.4, 0.5) is 0 Å². The molecule has 2 aliphatic heterocycles. The Bertz CT molecular complexity index is 1050. The van der Waals surface area contributed by atoms with E-state index in [1.807, 2.05) is 16.8 Å². The Balaban J connectivity index is 1.21. The van der Waals surface area contributed by atoms with Gasteiger partial charge in [-0.25, -0.2) is 4.68 Å². The molecule has 2 aromatic carbocycles.